The lowest BCUT2D eigenvalue weighted by molar-refractivity contribution is 0.295. The molecule has 0 aliphatic rings. The SMILES string of the molecule is CNC(C)c1ccc(OCCn2ccnc2C)c(C)c1. The molecule has 20 heavy (non-hydrogen) atoms. The van der Waals surface area contributed by atoms with Crippen molar-refractivity contribution in [2.75, 3.05) is 13.7 Å². The first-order valence-electron chi connectivity index (χ1n) is 7.00. The molecule has 1 heterocycles. The third-order valence-corrected chi connectivity index (χ3v) is 3.65. The molecule has 0 aliphatic heterocycles. The van der Waals surface area contributed by atoms with Crippen molar-refractivity contribution in [3.8, 4) is 5.75 Å². The number of benzene rings is 1. The van der Waals surface area contributed by atoms with Gasteiger partial charge in [-0.05, 0) is 45.0 Å². The van der Waals surface area contributed by atoms with Crippen molar-refractivity contribution in [3.63, 3.8) is 0 Å². The van der Waals surface area contributed by atoms with E-state index in [0.29, 0.717) is 12.6 Å². The highest BCUT2D eigenvalue weighted by molar-refractivity contribution is 5.37. The number of aryl methyl sites for hydroxylation is 2. The van der Waals surface area contributed by atoms with E-state index in [4.69, 9.17) is 4.74 Å². The third-order valence-electron chi connectivity index (χ3n) is 3.65. The quantitative estimate of drug-likeness (QED) is 0.879. The van der Waals surface area contributed by atoms with Crippen molar-refractivity contribution in [1.29, 1.82) is 0 Å². The summed E-state index contributed by atoms with van der Waals surface area (Å²) >= 11 is 0. The van der Waals surface area contributed by atoms with Crippen LogP contribution in [0.15, 0.2) is 30.6 Å². The van der Waals surface area contributed by atoms with Gasteiger partial charge in [0.2, 0.25) is 0 Å². The summed E-state index contributed by atoms with van der Waals surface area (Å²) in [5, 5.41) is 3.24. The normalized spacial score (nSPS) is 12.4. The number of rotatable bonds is 6. The van der Waals surface area contributed by atoms with Crippen LogP contribution in [-0.4, -0.2) is 23.2 Å². The molecule has 0 saturated carbocycles. The summed E-state index contributed by atoms with van der Waals surface area (Å²) in [6.07, 6.45) is 3.79. The Morgan fingerprint density at radius 3 is 2.75 bits per heavy atom. The number of ether oxygens (including phenoxy) is 1. The summed E-state index contributed by atoms with van der Waals surface area (Å²) < 4.78 is 7.95. The molecule has 1 N–H and O–H groups in total. The summed E-state index contributed by atoms with van der Waals surface area (Å²) in [4.78, 5) is 4.20. The molecular formula is C16H23N3O. The van der Waals surface area contributed by atoms with E-state index in [0.717, 1.165) is 18.1 Å². The van der Waals surface area contributed by atoms with E-state index in [9.17, 15) is 0 Å². The highest BCUT2D eigenvalue weighted by atomic mass is 16.5. The molecule has 0 saturated heterocycles. The van der Waals surface area contributed by atoms with Crippen LogP contribution in [-0.2, 0) is 6.54 Å². The number of imidazole rings is 1. The van der Waals surface area contributed by atoms with E-state index >= 15 is 0 Å². The fraction of sp³-hybridized carbons (Fsp3) is 0.438. The average Bonchev–Trinajstić information content (AvgIpc) is 2.85. The zero-order chi connectivity index (χ0) is 14.5. The Kier molecular flexibility index (Phi) is 4.79. The Balaban J connectivity index is 1.95. The van der Waals surface area contributed by atoms with Crippen LogP contribution in [0.3, 0.4) is 0 Å². The molecule has 0 amide bonds. The smallest absolute Gasteiger partial charge is 0.122 e. The predicted molar refractivity (Wildman–Crippen MR) is 81.1 cm³/mol. The molecule has 1 aromatic carbocycles. The van der Waals surface area contributed by atoms with E-state index in [1.54, 1.807) is 0 Å². The summed E-state index contributed by atoms with van der Waals surface area (Å²) in [5.74, 6) is 1.97. The molecule has 0 fully saturated rings. The first-order chi connectivity index (χ1) is 9.61. The van der Waals surface area contributed by atoms with Gasteiger partial charge in [0.15, 0.2) is 0 Å². The second kappa shape index (κ2) is 6.57. The van der Waals surface area contributed by atoms with Crippen LogP contribution in [0.1, 0.15) is 29.9 Å². The van der Waals surface area contributed by atoms with Gasteiger partial charge >= 0.3 is 0 Å². The maximum atomic E-state index is 5.86. The monoisotopic (exact) mass is 273 g/mol. The minimum Gasteiger partial charge on any atom is -0.491 e. The Morgan fingerprint density at radius 1 is 1.35 bits per heavy atom. The molecule has 1 unspecified atom stereocenters. The van der Waals surface area contributed by atoms with Crippen LogP contribution >= 0.6 is 0 Å². The molecule has 1 aromatic heterocycles. The molecule has 0 radical (unpaired) electrons. The van der Waals surface area contributed by atoms with Gasteiger partial charge in [0.25, 0.3) is 0 Å². The molecule has 4 heteroatoms. The zero-order valence-electron chi connectivity index (χ0n) is 12.7. The van der Waals surface area contributed by atoms with Gasteiger partial charge in [-0.25, -0.2) is 4.98 Å². The van der Waals surface area contributed by atoms with Crippen LogP contribution < -0.4 is 10.1 Å². The van der Waals surface area contributed by atoms with Crippen LogP contribution in [0.2, 0.25) is 0 Å². The van der Waals surface area contributed by atoms with Gasteiger partial charge < -0.3 is 14.6 Å². The molecular weight excluding hydrogens is 250 g/mol. The van der Waals surface area contributed by atoms with Crippen molar-refractivity contribution in [2.24, 2.45) is 0 Å². The van der Waals surface area contributed by atoms with Gasteiger partial charge in [0.1, 0.15) is 18.2 Å². The van der Waals surface area contributed by atoms with Crippen LogP contribution in [0.25, 0.3) is 0 Å². The van der Waals surface area contributed by atoms with Crippen molar-refractivity contribution < 1.29 is 4.74 Å². The Morgan fingerprint density at radius 2 is 2.15 bits per heavy atom. The summed E-state index contributed by atoms with van der Waals surface area (Å²) in [7, 11) is 1.97. The predicted octanol–water partition coefficient (Wildman–Crippen LogP) is 2.86. The second-order valence-electron chi connectivity index (χ2n) is 5.05. The van der Waals surface area contributed by atoms with E-state index in [2.05, 4.69) is 46.9 Å². The molecule has 4 nitrogen and oxygen atoms in total. The summed E-state index contributed by atoms with van der Waals surface area (Å²) in [5.41, 5.74) is 2.45. The van der Waals surface area contributed by atoms with Gasteiger partial charge in [-0.15, -0.1) is 0 Å². The van der Waals surface area contributed by atoms with Crippen molar-refractivity contribution in [3.05, 3.63) is 47.5 Å². The van der Waals surface area contributed by atoms with Crippen molar-refractivity contribution in [1.82, 2.24) is 14.9 Å². The molecule has 0 aliphatic carbocycles. The number of nitrogens with zero attached hydrogens (tertiary/aromatic N) is 2. The first-order valence-corrected chi connectivity index (χ1v) is 7.00. The Labute approximate surface area is 120 Å². The lowest BCUT2D eigenvalue weighted by Gasteiger charge is -2.14. The van der Waals surface area contributed by atoms with Gasteiger partial charge in [0, 0.05) is 18.4 Å². The van der Waals surface area contributed by atoms with Gasteiger partial charge in [-0.3, -0.25) is 0 Å². The lowest BCUT2D eigenvalue weighted by atomic mass is 10.1. The molecule has 2 aromatic rings. The van der Waals surface area contributed by atoms with E-state index in [1.807, 2.05) is 26.4 Å². The van der Waals surface area contributed by atoms with Crippen LogP contribution in [0.5, 0.6) is 5.75 Å². The highest BCUT2D eigenvalue weighted by Gasteiger charge is 2.06. The summed E-state index contributed by atoms with van der Waals surface area (Å²) in [6, 6.07) is 6.71. The molecule has 2 rings (SSSR count). The zero-order valence-corrected chi connectivity index (χ0v) is 12.7. The van der Waals surface area contributed by atoms with Crippen molar-refractivity contribution in [2.45, 2.75) is 33.4 Å². The molecule has 108 valence electrons. The summed E-state index contributed by atoms with van der Waals surface area (Å²) in [6.45, 7) is 7.71. The van der Waals surface area contributed by atoms with Crippen molar-refractivity contribution >= 4 is 0 Å². The molecule has 1 atom stereocenters. The minimum atomic E-state index is 0.358. The lowest BCUT2D eigenvalue weighted by Crippen LogP contribution is -2.13. The van der Waals surface area contributed by atoms with E-state index in [1.165, 1.54) is 11.1 Å². The minimum absolute atomic E-state index is 0.358. The maximum absolute atomic E-state index is 5.86. The number of nitrogens with one attached hydrogen (secondary N) is 1. The maximum Gasteiger partial charge on any atom is 0.122 e. The fourth-order valence-corrected chi connectivity index (χ4v) is 2.16. The topological polar surface area (TPSA) is 39.1 Å². The number of aromatic nitrogens is 2. The van der Waals surface area contributed by atoms with Crippen LogP contribution in [0.4, 0.5) is 0 Å². The number of hydrogen-bond donors (Lipinski definition) is 1. The fourth-order valence-electron chi connectivity index (χ4n) is 2.16. The Hall–Kier alpha value is -1.81. The van der Waals surface area contributed by atoms with E-state index in [-0.39, 0.29) is 0 Å². The third kappa shape index (κ3) is 3.39. The first kappa shape index (κ1) is 14.6. The van der Waals surface area contributed by atoms with E-state index < -0.39 is 0 Å². The largest absolute Gasteiger partial charge is 0.491 e. The number of hydrogen-bond acceptors (Lipinski definition) is 3. The molecule has 0 bridgehead atoms. The molecule has 0 spiro atoms. The van der Waals surface area contributed by atoms with Crippen LogP contribution in [0, 0.1) is 13.8 Å². The Bertz CT molecular complexity index is 563. The van der Waals surface area contributed by atoms with Gasteiger partial charge in [0.05, 0.1) is 6.54 Å². The second-order valence-corrected chi connectivity index (χ2v) is 5.05. The highest BCUT2D eigenvalue weighted by Crippen LogP contribution is 2.22. The van der Waals surface area contributed by atoms with Gasteiger partial charge in [-0.2, -0.15) is 0 Å². The standard InChI is InChI=1S/C16H23N3O/c1-12-11-15(13(2)17-4)5-6-16(12)20-10-9-19-8-7-18-14(19)3/h5-8,11,13,17H,9-10H2,1-4H3. The average molecular weight is 273 g/mol. The van der Waals surface area contributed by atoms with Gasteiger partial charge in [-0.1, -0.05) is 12.1 Å².